The van der Waals surface area contributed by atoms with Gasteiger partial charge in [-0.25, -0.2) is 0 Å². The Hall–Kier alpha value is -0.810. The minimum atomic E-state index is -1.55. The van der Waals surface area contributed by atoms with E-state index in [1.807, 2.05) is 0 Å². The van der Waals surface area contributed by atoms with Crippen molar-refractivity contribution in [2.45, 2.75) is 288 Å². The quantitative estimate of drug-likeness (QED) is 0.0334. The highest BCUT2D eigenvalue weighted by Gasteiger charge is 2.44. The maximum atomic E-state index is 13.0. The molecule has 5 unspecified atom stereocenters. The normalized spacial score (nSPS) is 20.9. The van der Waals surface area contributed by atoms with Crippen molar-refractivity contribution in [1.29, 1.82) is 0 Å². The number of nitrogens with one attached hydrogen (secondary N) is 1. The molecule has 1 saturated heterocycles. The van der Waals surface area contributed by atoms with Crippen molar-refractivity contribution < 1.29 is 39.8 Å². The van der Waals surface area contributed by atoms with Crippen LogP contribution in [0.2, 0.25) is 0 Å². The lowest BCUT2D eigenvalue weighted by Gasteiger charge is -2.40. The molecule has 6 N–H and O–H groups in total. The minimum absolute atomic E-state index is 0.132. The summed E-state index contributed by atoms with van der Waals surface area (Å²) in [5.74, 6) is -0.139. The largest absolute Gasteiger partial charge is 0.394 e. The Morgan fingerprint density at radius 1 is 0.526 bits per heavy atom. The predicted molar refractivity (Wildman–Crippen MR) is 235 cm³/mol. The first-order valence-corrected chi connectivity index (χ1v) is 24.7. The van der Waals surface area contributed by atoms with Crippen LogP contribution in [0.25, 0.3) is 0 Å². The summed E-state index contributed by atoms with van der Waals surface area (Å²) in [6, 6.07) is -0.711. The fourth-order valence-corrected chi connectivity index (χ4v) is 8.22. The minimum Gasteiger partial charge on any atom is -0.394 e. The Balaban J connectivity index is 2.24. The van der Waals surface area contributed by atoms with Gasteiger partial charge in [0.15, 0.2) is 6.29 Å². The van der Waals surface area contributed by atoms with E-state index in [0.29, 0.717) is 12.8 Å². The van der Waals surface area contributed by atoms with Gasteiger partial charge in [-0.3, -0.25) is 4.79 Å². The molecule has 0 aromatic heterocycles. The van der Waals surface area contributed by atoms with Crippen LogP contribution in [0.3, 0.4) is 0 Å². The Kier molecular flexibility index (Phi) is 37.4. The zero-order chi connectivity index (χ0) is 41.6. The summed E-state index contributed by atoms with van der Waals surface area (Å²) in [7, 11) is 0. The fraction of sp³-hybridized carbons (Fsp3) is 0.979. The maximum absolute atomic E-state index is 13.0. The average molecular weight is 814 g/mol. The molecule has 0 aromatic carbocycles. The molecule has 0 radical (unpaired) electrons. The van der Waals surface area contributed by atoms with Crippen LogP contribution >= 0.6 is 0 Å². The first kappa shape index (κ1) is 54.2. The summed E-state index contributed by atoms with van der Waals surface area (Å²) >= 11 is 0. The van der Waals surface area contributed by atoms with Gasteiger partial charge in [-0.05, 0) is 12.8 Å². The van der Waals surface area contributed by atoms with Gasteiger partial charge in [0.05, 0.1) is 25.4 Å². The summed E-state index contributed by atoms with van der Waals surface area (Å²) in [5, 5.41) is 54.4. The first-order valence-electron chi connectivity index (χ1n) is 24.7. The number of hydrogen-bond acceptors (Lipinski definition) is 8. The van der Waals surface area contributed by atoms with Gasteiger partial charge >= 0.3 is 0 Å². The van der Waals surface area contributed by atoms with Crippen LogP contribution in [0.1, 0.15) is 245 Å². The highest BCUT2D eigenvalue weighted by Crippen LogP contribution is 2.23. The van der Waals surface area contributed by atoms with E-state index in [1.165, 1.54) is 180 Å². The van der Waals surface area contributed by atoms with Crippen LogP contribution in [0.5, 0.6) is 0 Å². The van der Waals surface area contributed by atoms with Crippen LogP contribution in [0.4, 0.5) is 0 Å². The van der Waals surface area contributed by atoms with Crippen molar-refractivity contribution >= 4 is 5.91 Å². The topological polar surface area (TPSA) is 149 Å². The lowest BCUT2D eigenvalue weighted by Crippen LogP contribution is -2.60. The smallest absolute Gasteiger partial charge is 0.220 e. The highest BCUT2D eigenvalue weighted by molar-refractivity contribution is 5.76. The molecule has 0 aliphatic carbocycles. The number of unbranched alkanes of at least 4 members (excludes halogenated alkanes) is 32. The lowest BCUT2D eigenvalue weighted by atomic mass is 9.99. The van der Waals surface area contributed by atoms with E-state index in [9.17, 15) is 30.3 Å². The number of aliphatic hydroxyl groups excluding tert-OH is 5. The molecule has 57 heavy (non-hydrogen) atoms. The van der Waals surface area contributed by atoms with Crippen LogP contribution < -0.4 is 5.32 Å². The average Bonchev–Trinajstić information content (AvgIpc) is 3.21. The number of aliphatic hydroxyl groups is 5. The Morgan fingerprint density at radius 2 is 0.877 bits per heavy atom. The number of carbonyl (C=O) groups excluding carboxylic acids is 1. The third-order valence-electron chi connectivity index (χ3n) is 12.2. The molecule has 9 nitrogen and oxygen atoms in total. The van der Waals surface area contributed by atoms with E-state index in [-0.39, 0.29) is 12.5 Å². The molecule has 9 heteroatoms. The van der Waals surface area contributed by atoms with E-state index in [1.54, 1.807) is 0 Å². The molecule has 0 bridgehead atoms. The molecule has 1 aliphatic rings. The summed E-state index contributed by atoms with van der Waals surface area (Å²) in [5.41, 5.74) is 0. The molecule has 1 amide bonds. The van der Waals surface area contributed by atoms with Gasteiger partial charge in [0.25, 0.3) is 0 Å². The van der Waals surface area contributed by atoms with Crippen molar-refractivity contribution in [1.82, 2.24) is 5.32 Å². The second kappa shape index (κ2) is 39.3. The van der Waals surface area contributed by atoms with Crippen LogP contribution in [-0.4, -0.2) is 87.5 Å². The van der Waals surface area contributed by atoms with Crippen molar-refractivity contribution in [2.75, 3.05) is 13.2 Å². The SMILES string of the molecule is CCCCCCCCCCCCCCCCCCCCCCCC(=O)N[C@@H](COC1OC(CO)C(O)C(O)C1O)[C@H](O)CCCCCCCCCCCCCCC. The van der Waals surface area contributed by atoms with E-state index in [4.69, 9.17) is 9.47 Å². The molecule has 7 atom stereocenters. The van der Waals surface area contributed by atoms with E-state index >= 15 is 0 Å². The Bertz CT molecular complexity index is 862. The summed E-state index contributed by atoms with van der Waals surface area (Å²) < 4.78 is 11.3. The maximum Gasteiger partial charge on any atom is 0.220 e. The molecular formula is C48H95NO8. The van der Waals surface area contributed by atoms with Crippen LogP contribution in [0, 0.1) is 0 Å². The molecule has 1 aliphatic heterocycles. The second-order valence-corrected chi connectivity index (χ2v) is 17.6. The Labute approximate surface area is 351 Å². The summed E-state index contributed by atoms with van der Waals surface area (Å²) in [6.45, 7) is 3.85. The second-order valence-electron chi connectivity index (χ2n) is 17.6. The lowest BCUT2D eigenvalue weighted by molar-refractivity contribution is -0.302. The van der Waals surface area contributed by atoms with E-state index in [0.717, 1.165) is 38.5 Å². The standard InChI is InChI=1S/C48H95NO8/c1-3-5-7-9-11-13-15-17-18-19-20-21-22-23-24-26-28-30-32-34-36-38-44(52)49-41(40-56-48-47(55)46(54)45(53)43(39-50)57-48)42(51)37-35-33-31-29-27-25-16-14-12-10-8-6-4-2/h41-43,45-48,50-51,53-55H,3-40H2,1-2H3,(H,49,52)/t41-,42+,43?,45?,46?,47?,48?/m0/s1. The van der Waals surface area contributed by atoms with E-state index in [2.05, 4.69) is 19.2 Å². The number of ether oxygens (including phenoxy) is 2. The van der Waals surface area contributed by atoms with Gasteiger partial charge in [-0.15, -0.1) is 0 Å². The first-order chi connectivity index (χ1) is 27.8. The number of carbonyl (C=O) groups is 1. The molecule has 0 aromatic rings. The summed E-state index contributed by atoms with van der Waals surface area (Å²) in [6.07, 6.45) is 36.8. The highest BCUT2D eigenvalue weighted by atomic mass is 16.7. The molecule has 1 fully saturated rings. The third-order valence-corrected chi connectivity index (χ3v) is 12.2. The van der Waals surface area contributed by atoms with Gasteiger partial charge in [0, 0.05) is 6.42 Å². The third kappa shape index (κ3) is 30.0. The monoisotopic (exact) mass is 814 g/mol. The molecule has 1 rings (SSSR count). The van der Waals surface area contributed by atoms with Crippen molar-refractivity contribution in [3.05, 3.63) is 0 Å². The number of amides is 1. The van der Waals surface area contributed by atoms with Gasteiger partial charge in [-0.1, -0.05) is 226 Å². The van der Waals surface area contributed by atoms with Crippen molar-refractivity contribution in [2.24, 2.45) is 0 Å². The van der Waals surface area contributed by atoms with Crippen LogP contribution in [0.15, 0.2) is 0 Å². The molecule has 340 valence electrons. The number of hydrogen-bond donors (Lipinski definition) is 6. The van der Waals surface area contributed by atoms with Gasteiger partial charge in [-0.2, -0.15) is 0 Å². The molecular weight excluding hydrogens is 719 g/mol. The predicted octanol–water partition coefficient (Wildman–Crippen LogP) is 10.7. The molecule has 1 heterocycles. The molecule has 0 saturated carbocycles. The van der Waals surface area contributed by atoms with Crippen LogP contribution in [-0.2, 0) is 14.3 Å². The zero-order valence-electron chi connectivity index (χ0n) is 37.4. The van der Waals surface area contributed by atoms with Gasteiger partial charge in [0.1, 0.15) is 24.4 Å². The van der Waals surface area contributed by atoms with Crippen molar-refractivity contribution in [3.8, 4) is 0 Å². The summed E-state index contributed by atoms with van der Waals surface area (Å²) in [4.78, 5) is 13.0. The van der Waals surface area contributed by atoms with Gasteiger partial charge in [0.2, 0.25) is 5.91 Å². The number of rotatable bonds is 42. The van der Waals surface area contributed by atoms with E-state index < -0.39 is 49.5 Å². The van der Waals surface area contributed by atoms with Gasteiger partial charge < -0.3 is 40.3 Å². The zero-order valence-corrected chi connectivity index (χ0v) is 37.4. The molecule has 0 spiro atoms. The Morgan fingerprint density at radius 3 is 1.25 bits per heavy atom. The van der Waals surface area contributed by atoms with Crippen molar-refractivity contribution in [3.63, 3.8) is 0 Å². The fourth-order valence-electron chi connectivity index (χ4n) is 8.22.